The van der Waals surface area contributed by atoms with Crippen LogP contribution >= 0.6 is 15.9 Å². The summed E-state index contributed by atoms with van der Waals surface area (Å²) in [6.45, 7) is 0.130. The van der Waals surface area contributed by atoms with Gasteiger partial charge in [-0.05, 0) is 23.8 Å². The molecule has 6 heteroatoms. The van der Waals surface area contributed by atoms with E-state index >= 15 is 0 Å². The normalized spacial score (nSPS) is 10.2. The second kappa shape index (κ2) is 5.79. The number of carbonyl (C=O) groups is 1. The molecule has 1 aromatic heterocycles. The SMILES string of the molecule is O=C(NCc1cc(F)ccc1Br)c1c[nH]ccc1=O. The summed E-state index contributed by atoms with van der Waals surface area (Å²) in [6.07, 6.45) is 2.78. The minimum atomic E-state index is -0.502. The Bertz CT molecular complexity index is 670. The molecule has 19 heavy (non-hydrogen) atoms. The highest BCUT2D eigenvalue weighted by molar-refractivity contribution is 9.10. The number of aromatic amines is 1. The number of H-pyrrole nitrogens is 1. The summed E-state index contributed by atoms with van der Waals surface area (Å²) >= 11 is 3.27. The van der Waals surface area contributed by atoms with Crippen LogP contribution in [0.5, 0.6) is 0 Å². The van der Waals surface area contributed by atoms with Crippen LogP contribution in [-0.4, -0.2) is 10.9 Å². The first-order valence-corrected chi connectivity index (χ1v) is 6.26. The smallest absolute Gasteiger partial charge is 0.257 e. The lowest BCUT2D eigenvalue weighted by atomic mass is 10.2. The molecule has 2 N–H and O–H groups in total. The number of nitrogens with one attached hydrogen (secondary N) is 2. The van der Waals surface area contributed by atoms with Crippen LogP contribution in [0.3, 0.4) is 0 Å². The van der Waals surface area contributed by atoms with E-state index in [2.05, 4.69) is 26.2 Å². The van der Waals surface area contributed by atoms with E-state index in [-0.39, 0.29) is 23.4 Å². The summed E-state index contributed by atoms with van der Waals surface area (Å²) in [5.41, 5.74) is 0.255. The van der Waals surface area contributed by atoms with Gasteiger partial charge in [0.15, 0.2) is 5.43 Å². The molecule has 0 aliphatic carbocycles. The van der Waals surface area contributed by atoms with Crippen LogP contribution in [-0.2, 0) is 6.54 Å². The Labute approximate surface area is 116 Å². The molecule has 0 saturated heterocycles. The van der Waals surface area contributed by atoms with Gasteiger partial charge in [-0.25, -0.2) is 4.39 Å². The van der Waals surface area contributed by atoms with Gasteiger partial charge in [0.25, 0.3) is 5.91 Å². The van der Waals surface area contributed by atoms with Gasteiger partial charge in [-0.1, -0.05) is 15.9 Å². The molecule has 1 heterocycles. The lowest BCUT2D eigenvalue weighted by Crippen LogP contribution is -2.28. The highest BCUT2D eigenvalue weighted by atomic mass is 79.9. The average molecular weight is 325 g/mol. The molecule has 0 atom stereocenters. The van der Waals surface area contributed by atoms with Crippen molar-refractivity contribution in [2.75, 3.05) is 0 Å². The topological polar surface area (TPSA) is 62.0 Å². The van der Waals surface area contributed by atoms with Gasteiger partial charge >= 0.3 is 0 Å². The number of hydrogen-bond donors (Lipinski definition) is 2. The van der Waals surface area contributed by atoms with Crippen LogP contribution in [0.15, 0.2) is 45.9 Å². The van der Waals surface area contributed by atoms with Crippen molar-refractivity contribution in [2.24, 2.45) is 0 Å². The number of carbonyl (C=O) groups excluding carboxylic acids is 1. The molecule has 0 saturated carbocycles. The zero-order valence-electron chi connectivity index (χ0n) is 9.74. The number of benzene rings is 1. The van der Waals surface area contributed by atoms with Crippen molar-refractivity contribution >= 4 is 21.8 Å². The zero-order valence-corrected chi connectivity index (χ0v) is 11.3. The summed E-state index contributed by atoms with van der Waals surface area (Å²) in [4.78, 5) is 25.9. The lowest BCUT2D eigenvalue weighted by molar-refractivity contribution is 0.0949. The average Bonchev–Trinajstić information content (AvgIpc) is 2.40. The second-order valence-electron chi connectivity index (χ2n) is 3.84. The molecule has 0 aliphatic heterocycles. The molecule has 2 aromatic rings. The molecule has 0 unspecified atom stereocenters. The van der Waals surface area contributed by atoms with E-state index in [1.54, 1.807) is 6.07 Å². The molecule has 1 aromatic carbocycles. The summed E-state index contributed by atoms with van der Waals surface area (Å²) in [5.74, 6) is -0.886. The molecule has 2 rings (SSSR count). The number of pyridine rings is 1. The fourth-order valence-electron chi connectivity index (χ4n) is 1.54. The van der Waals surface area contributed by atoms with Crippen LogP contribution in [0, 0.1) is 5.82 Å². The molecule has 0 spiro atoms. The third kappa shape index (κ3) is 3.29. The largest absolute Gasteiger partial charge is 0.367 e. The number of amides is 1. The summed E-state index contributed by atoms with van der Waals surface area (Å²) in [5, 5.41) is 2.57. The Kier molecular flexibility index (Phi) is 4.11. The Morgan fingerprint density at radius 1 is 1.37 bits per heavy atom. The Hall–Kier alpha value is -1.95. The van der Waals surface area contributed by atoms with Crippen molar-refractivity contribution in [3.05, 3.63) is 68.3 Å². The van der Waals surface area contributed by atoms with E-state index < -0.39 is 5.91 Å². The summed E-state index contributed by atoms with van der Waals surface area (Å²) in [6, 6.07) is 5.47. The van der Waals surface area contributed by atoms with Gasteiger partial charge in [0, 0.05) is 29.5 Å². The number of aromatic nitrogens is 1. The third-order valence-corrected chi connectivity index (χ3v) is 3.29. The molecule has 4 nitrogen and oxygen atoms in total. The first-order valence-electron chi connectivity index (χ1n) is 5.47. The number of rotatable bonds is 3. The van der Waals surface area contributed by atoms with Crippen molar-refractivity contribution in [3.8, 4) is 0 Å². The van der Waals surface area contributed by atoms with Gasteiger partial charge in [-0.2, -0.15) is 0 Å². The Balaban J connectivity index is 2.11. The number of halogens is 2. The number of hydrogen-bond acceptors (Lipinski definition) is 2. The van der Waals surface area contributed by atoms with Crippen molar-refractivity contribution < 1.29 is 9.18 Å². The Morgan fingerprint density at radius 3 is 2.89 bits per heavy atom. The van der Waals surface area contributed by atoms with Gasteiger partial charge in [0.05, 0.1) is 0 Å². The molecular weight excluding hydrogens is 315 g/mol. The maximum atomic E-state index is 13.1. The molecule has 1 amide bonds. The minimum absolute atomic E-state index is 0.0232. The first-order chi connectivity index (χ1) is 9.08. The third-order valence-electron chi connectivity index (χ3n) is 2.52. The van der Waals surface area contributed by atoms with Crippen molar-refractivity contribution in [1.29, 1.82) is 0 Å². The first kappa shape index (κ1) is 13.5. The maximum Gasteiger partial charge on any atom is 0.257 e. The van der Waals surface area contributed by atoms with Gasteiger partial charge in [-0.15, -0.1) is 0 Å². The van der Waals surface area contributed by atoms with Crippen LogP contribution in [0.25, 0.3) is 0 Å². The molecule has 0 radical (unpaired) electrons. The minimum Gasteiger partial charge on any atom is -0.367 e. The zero-order chi connectivity index (χ0) is 13.8. The van der Waals surface area contributed by atoms with E-state index in [1.165, 1.54) is 30.6 Å². The molecule has 0 aliphatic rings. The van der Waals surface area contributed by atoms with Crippen molar-refractivity contribution in [2.45, 2.75) is 6.54 Å². The predicted octanol–water partition coefficient (Wildman–Crippen LogP) is 2.21. The fourth-order valence-corrected chi connectivity index (χ4v) is 1.93. The standard InChI is InChI=1S/C13H10BrFN2O2/c14-11-2-1-9(15)5-8(11)6-17-13(19)10-7-16-4-3-12(10)18/h1-5,7H,6H2,(H,16,18)(H,17,19). The van der Waals surface area contributed by atoms with Crippen LogP contribution in [0.4, 0.5) is 4.39 Å². The van der Waals surface area contributed by atoms with Gasteiger partial charge in [0.1, 0.15) is 11.4 Å². The van der Waals surface area contributed by atoms with E-state index in [0.717, 1.165) is 0 Å². The summed E-state index contributed by atoms with van der Waals surface area (Å²) < 4.78 is 13.8. The molecule has 0 bridgehead atoms. The highest BCUT2D eigenvalue weighted by Crippen LogP contribution is 2.17. The lowest BCUT2D eigenvalue weighted by Gasteiger charge is -2.07. The highest BCUT2D eigenvalue weighted by Gasteiger charge is 2.10. The second-order valence-corrected chi connectivity index (χ2v) is 4.70. The van der Waals surface area contributed by atoms with Crippen molar-refractivity contribution in [1.82, 2.24) is 10.3 Å². The fraction of sp³-hybridized carbons (Fsp3) is 0.0769. The summed E-state index contributed by atoms with van der Waals surface area (Å²) in [7, 11) is 0. The van der Waals surface area contributed by atoms with E-state index in [9.17, 15) is 14.0 Å². The van der Waals surface area contributed by atoms with E-state index in [0.29, 0.717) is 10.0 Å². The van der Waals surface area contributed by atoms with Crippen LogP contribution in [0.1, 0.15) is 15.9 Å². The maximum absolute atomic E-state index is 13.1. The molecule has 98 valence electrons. The molecular formula is C13H10BrFN2O2. The van der Waals surface area contributed by atoms with E-state index in [1.807, 2.05) is 0 Å². The quantitative estimate of drug-likeness (QED) is 0.909. The van der Waals surface area contributed by atoms with Crippen LogP contribution in [0.2, 0.25) is 0 Å². The van der Waals surface area contributed by atoms with Crippen molar-refractivity contribution in [3.63, 3.8) is 0 Å². The molecule has 0 fully saturated rings. The predicted molar refractivity (Wildman–Crippen MR) is 72.3 cm³/mol. The monoisotopic (exact) mass is 324 g/mol. The van der Waals surface area contributed by atoms with Crippen LogP contribution < -0.4 is 10.7 Å². The van der Waals surface area contributed by atoms with Gasteiger partial charge in [-0.3, -0.25) is 9.59 Å². The van der Waals surface area contributed by atoms with E-state index in [4.69, 9.17) is 0 Å². The van der Waals surface area contributed by atoms with Gasteiger partial charge < -0.3 is 10.3 Å². The Morgan fingerprint density at radius 2 is 2.16 bits per heavy atom. The van der Waals surface area contributed by atoms with Gasteiger partial charge in [0.2, 0.25) is 0 Å².